The Hall–Kier alpha value is -3.89. The molecule has 11 heteroatoms. The lowest BCUT2D eigenvalue weighted by molar-refractivity contribution is 0.0985. The van der Waals surface area contributed by atoms with Crippen LogP contribution in [0.3, 0.4) is 0 Å². The number of hydrogen-bond acceptors (Lipinski definition) is 9. The maximum atomic E-state index is 13.0. The zero-order valence-electron chi connectivity index (χ0n) is 16.2. The normalized spacial score (nSPS) is 10.8. The number of aromatic amines is 1. The van der Waals surface area contributed by atoms with E-state index in [1.807, 2.05) is 0 Å². The quantitative estimate of drug-likeness (QED) is 0.546. The van der Waals surface area contributed by atoms with Gasteiger partial charge in [0.25, 0.3) is 5.56 Å². The van der Waals surface area contributed by atoms with E-state index in [0.29, 0.717) is 5.75 Å². The zero-order chi connectivity index (χ0) is 21.3. The van der Waals surface area contributed by atoms with Crippen LogP contribution in [0.4, 0.5) is 5.95 Å². The van der Waals surface area contributed by atoms with Gasteiger partial charge in [0, 0.05) is 19.2 Å². The number of fused-ring (bicyclic) bond motifs is 1. The highest BCUT2D eigenvalue weighted by atomic mass is 16.5. The van der Waals surface area contributed by atoms with Crippen molar-refractivity contribution in [2.24, 2.45) is 7.05 Å². The van der Waals surface area contributed by atoms with Crippen LogP contribution < -0.4 is 30.9 Å². The standard InChI is InChI=1S/C18H19N5O6/c1-23-16-14(17(26)21-18(19)20-16)15(25)9(22-23)7-10(24)13-11(28-3)5-8(27-2)6-12(13)29-4/h5-6H,7H2,1-4H3,(H3,19,20,21,26). The van der Waals surface area contributed by atoms with E-state index < -0.39 is 16.8 Å². The molecule has 0 unspecified atom stereocenters. The van der Waals surface area contributed by atoms with E-state index in [9.17, 15) is 14.4 Å². The first-order valence-corrected chi connectivity index (χ1v) is 8.39. The number of hydrogen-bond donors (Lipinski definition) is 2. The van der Waals surface area contributed by atoms with Crippen LogP contribution in [0.15, 0.2) is 21.7 Å². The van der Waals surface area contributed by atoms with E-state index in [-0.39, 0.29) is 46.2 Å². The van der Waals surface area contributed by atoms with E-state index in [1.54, 1.807) is 0 Å². The van der Waals surface area contributed by atoms with Crippen molar-refractivity contribution in [1.29, 1.82) is 0 Å². The molecule has 0 radical (unpaired) electrons. The van der Waals surface area contributed by atoms with Gasteiger partial charge in [0.05, 0.1) is 27.8 Å². The van der Waals surface area contributed by atoms with Gasteiger partial charge in [0.15, 0.2) is 11.4 Å². The molecule has 29 heavy (non-hydrogen) atoms. The van der Waals surface area contributed by atoms with Gasteiger partial charge in [-0.1, -0.05) is 0 Å². The predicted molar refractivity (Wildman–Crippen MR) is 104 cm³/mol. The van der Waals surface area contributed by atoms with Gasteiger partial charge in [-0.2, -0.15) is 10.1 Å². The minimum absolute atomic E-state index is 0.0204. The van der Waals surface area contributed by atoms with Gasteiger partial charge in [-0.25, -0.2) is 4.68 Å². The molecule has 0 fully saturated rings. The second kappa shape index (κ2) is 7.62. The minimum Gasteiger partial charge on any atom is -0.496 e. The fourth-order valence-corrected chi connectivity index (χ4v) is 2.97. The van der Waals surface area contributed by atoms with Crippen molar-refractivity contribution in [3.8, 4) is 17.2 Å². The first-order valence-electron chi connectivity index (χ1n) is 8.39. The second-order valence-corrected chi connectivity index (χ2v) is 6.06. The monoisotopic (exact) mass is 401 g/mol. The molecule has 0 aliphatic heterocycles. The molecule has 0 saturated heterocycles. The molecule has 0 atom stereocenters. The first-order chi connectivity index (χ1) is 13.8. The van der Waals surface area contributed by atoms with Crippen LogP contribution in [-0.2, 0) is 13.5 Å². The van der Waals surface area contributed by atoms with Gasteiger partial charge < -0.3 is 19.9 Å². The maximum absolute atomic E-state index is 13.0. The number of carbonyl (C=O) groups is 1. The van der Waals surface area contributed by atoms with E-state index in [4.69, 9.17) is 19.9 Å². The lowest BCUT2D eigenvalue weighted by Gasteiger charge is -2.14. The molecule has 152 valence electrons. The molecule has 0 bridgehead atoms. The lowest BCUT2D eigenvalue weighted by atomic mass is 10.0. The molecule has 0 spiro atoms. The van der Waals surface area contributed by atoms with Crippen LogP contribution in [0.5, 0.6) is 17.2 Å². The molecule has 0 aliphatic rings. The summed E-state index contributed by atoms with van der Waals surface area (Å²) in [4.78, 5) is 44.2. The number of aromatic nitrogens is 4. The van der Waals surface area contributed by atoms with Crippen LogP contribution in [0, 0.1) is 0 Å². The van der Waals surface area contributed by atoms with Crippen molar-refractivity contribution in [3.05, 3.63) is 44.0 Å². The van der Waals surface area contributed by atoms with E-state index in [2.05, 4.69) is 15.1 Å². The Morgan fingerprint density at radius 3 is 2.31 bits per heavy atom. The van der Waals surface area contributed by atoms with Crippen LogP contribution in [0.2, 0.25) is 0 Å². The number of methoxy groups -OCH3 is 3. The summed E-state index contributed by atoms with van der Waals surface area (Å²) in [6, 6.07) is 3.05. The number of ketones is 1. The molecule has 1 aromatic carbocycles. The van der Waals surface area contributed by atoms with E-state index >= 15 is 0 Å². The van der Waals surface area contributed by atoms with Crippen molar-refractivity contribution in [2.75, 3.05) is 27.1 Å². The van der Waals surface area contributed by atoms with Crippen LogP contribution in [-0.4, -0.2) is 46.9 Å². The Balaban J connectivity index is 2.13. The SMILES string of the molecule is COc1cc(OC)c(C(=O)Cc2nn(C)c3nc(N)[nH]c(=O)c3c2=O)c(OC)c1. The summed E-state index contributed by atoms with van der Waals surface area (Å²) in [5, 5.41) is 3.87. The Morgan fingerprint density at radius 2 is 1.76 bits per heavy atom. The molecule has 0 amide bonds. The number of benzene rings is 1. The number of nitrogen functional groups attached to an aromatic ring is 1. The number of carbonyl (C=O) groups excluding carboxylic acids is 1. The Kier molecular flexibility index (Phi) is 5.22. The molecule has 3 aromatic rings. The molecule has 3 N–H and O–H groups in total. The Morgan fingerprint density at radius 1 is 1.14 bits per heavy atom. The topological polar surface area (TPSA) is 151 Å². The number of rotatable bonds is 6. The summed E-state index contributed by atoms with van der Waals surface area (Å²) in [5.74, 6) is 0.248. The maximum Gasteiger partial charge on any atom is 0.265 e. The van der Waals surface area contributed by atoms with Gasteiger partial charge >= 0.3 is 0 Å². The van der Waals surface area contributed by atoms with Crippen LogP contribution in [0.25, 0.3) is 11.0 Å². The van der Waals surface area contributed by atoms with Crippen molar-refractivity contribution in [2.45, 2.75) is 6.42 Å². The van der Waals surface area contributed by atoms with Crippen LogP contribution >= 0.6 is 0 Å². The second-order valence-electron chi connectivity index (χ2n) is 6.06. The molecule has 11 nitrogen and oxygen atoms in total. The number of ether oxygens (including phenoxy) is 3. The number of Topliss-reactive ketones (excluding diaryl/α,β-unsaturated/α-hetero) is 1. The third kappa shape index (κ3) is 3.49. The largest absolute Gasteiger partial charge is 0.496 e. The third-order valence-corrected chi connectivity index (χ3v) is 4.31. The van der Waals surface area contributed by atoms with Gasteiger partial charge in [0.2, 0.25) is 11.4 Å². The summed E-state index contributed by atoms with van der Waals surface area (Å²) < 4.78 is 17.0. The van der Waals surface area contributed by atoms with Crippen molar-refractivity contribution < 1.29 is 19.0 Å². The molecule has 0 saturated carbocycles. The number of nitrogens with two attached hydrogens (primary N) is 1. The number of anilines is 1. The minimum atomic E-state index is -0.705. The fourth-order valence-electron chi connectivity index (χ4n) is 2.97. The average molecular weight is 401 g/mol. The van der Waals surface area contributed by atoms with Crippen molar-refractivity contribution in [3.63, 3.8) is 0 Å². The smallest absolute Gasteiger partial charge is 0.265 e. The summed E-state index contributed by atoms with van der Waals surface area (Å²) in [6.45, 7) is 0. The number of aryl methyl sites for hydroxylation is 1. The Labute approximate surface area is 164 Å². The Bertz CT molecular complexity index is 1200. The van der Waals surface area contributed by atoms with Crippen molar-refractivity contribution in [1.82, 2.24) is 19.7 Å². The average Bonchev–Trinajstić information content (AvgIpc) is 2.69. The molecule has 2 heterocycles. The highest BCUT2D eigenvalue weighted by Gasteiger charge is 2.23. The summed E-state index contributed by atoms with van der Waals surface area (Å²) in [7, 11) is 5.76. The van der Waals surface area contributed by atoms with Gasteiger partial charge in [0.1, 0.15) is 33.9 Å². The third-order valence-electron chi connectivity index (χ3n) is 4.31. The summed E-state index contributed by atoms with van der Waals surface area (Å²) >= 11 is 0. The summed E-state index contributed by atoms with van der Waals surface area (Å²) in [5.41, 5.74) is 4.14. The highest BCUT2D eigenvalue weighted by molar-refractivity contribution is 6.02. The molecule has 2 aromatic heterocycles. The first kappa shape index (κ1) is 19.9. The molecular weight excluding hydrogens is 382 g/mol. The number of H-pyrrole nitrogens is 1. The molecule has 3 rings (SSSR count). The summed E-state index contributed by atoms with van der Waals surface area (Å²) in [6.07, 6.45) is -0.383. The van der Waals surface area contributed by atoms with Gasteiger partial charge in [-0.15, -0.1) is 0 Å². The molecule has 0 aliphatic carbocycles. The van der Waals surface area contributed by atoms with Gasteiger partial charge in [-0.3, -0.25) is 19.4 Å². The number of nitrogens with zero attached hydrogens (tertiary/aromatic N) is 3. The van der Waals surface area contributed by atoms with Crippen LogP contribution in [0.1, 0.15) is 16.1 Å². The van der Waals surface area contributed by atoms with Crippen molar-refractivity contribution >= 4 is 22.8 Å². The van der Waals surface area contributed by atoms with E-state index in [1.165, 1.54) is 45.2 Å². The predicted octanol–water partition coefficient (Wildman–Crippen LogP) is 0.0502. The van der Waals surface area contributed by atoms with E-state index in [0.717, 1.165) is 0 Å². The van der Waals surface area contributed by atoms with Gasteiger partial charge in [-0.05, 0) is 0 Å². The lowest BCUT2D eigenvalue weighted by Crippen LogP contribution is -2.27. The fraction of sp³-hybridized carbons (Fsp3) is 0.278. The highest BCUT2D eigenvalue weighted by Crippen LogP contribution is 2.34. The zero-order valence-corrected chi connectivity index (χ0v) is 16.2. The molecular formula is C18H19N5O6. The number of nitrogens with one attached hydrogen (secondary N) is 1.